The van der Waals surface area contributed by atoms with Gasteiger partial charge in [0.1, 0.15) is 0 Å². The first-order chi connectivity index (χ1) is 7.52. The molecule has 5 nitrogen and oxygen atoms in total. The van der Waals surface area contributed by atoms with E-state index in [0.717, 1.165) is 11.8 Å². The van der Waals surface area contributed by atoms with Gasteiger partial charge in [-0.05, 0) is 13.8 Å². The Morgan fingerprint density at radius 2 is 2.06 bits per heavy atom. The zero-order chi connectivity index (χ0) is 12.6. The molecule has 0 saturated carbocycles. The minimum absolute atomic E-state index is 0.0212. The van der Waals surface area contributed by atoms with Gasteiger partial charge < -0.3 is 14.7 Å². The molecule has 0 bridgehead atoms. The number of carboxylic acids is 1. The number of carbonyl (C=O) groups excluding carboxylic acids is 1. The second kappa shape index (κ2) is 8.41. The molecular formula is C10H19NO4S. The van der Waals surface area contributed by atoms with Gasteiger partial charge in [-0.25, -0.2) is 0 Å². The van der Waals surface area contributed by atoms with Gasteiger partial charge in [-0.15, -0.1) is 11.8 Å². The van der Waals surface area contributed by atoms with E-state index in [1.807, 2.05) is 13.8 Å². The number of methoxy groups -OCH3 is 1. The van der Waals surface area contributed by atoms with Crippen molar-refractivity contribution in [2.45, 2.75) is 19.9 Å². The van der Waals surface area contributed by atoms with Crippen LogP contribution in [0.1, 0.15) is 13.8 Å². The first kappa shape index (κ1) is 15.2. The number of likely N-dealkylation sites (N-methyl/N-ethyl adjacent to an activating group) is 1. The van der Waals surface area contributed by atoms with Crippen LogP contribution in [0.3, 0.4) is 0 Å². The summed E-state index contributed by atoms with van der Waals surface area (Å²) >= 11 is 1.12. The summed E-state index contributed by atoms with van der Waals surface area (Å²) in [5, 5.41) is 8.45. The van der Waals surface area contributed by atoms with Crippen LogP contribution in [0.5, 0.6) is 0 Å². The molecule has 0 heterocycles. The van der Waals surface area contributed by atoms with Crippen LogP contribution in [0.25, 0.3) is 0 Å². The molecule has 0 fully saturated rings. The maximum atomic E-state index is 11.7. The van der Waals surface area contributed by atoms with Gasteiger partial charge in [-0.1, -0.05) is 0 Å². The predicted molar refractivity (Wildman–Crippen MR) is 63.7 cm³/mol. The number of hydrogen-bond donors (Lipinski definition) is 1. The number of nitrogens with zero attached hydrogens (tertiary/aromatic N) is 1. The molecule has 0 aliphatic rings. The molecule has 0 aliphatic heterocycles. The molecule has 0 radical (unpaired) electrons. The average Bonchev–Trinajstić information content (AvgIpc) is 2.18. The smallest absolute Gasteiger partial charge is 0.313 e. The van der Waals surface area contributed by atoms with Crippen molar-refractivity contribution in [1.29, 1.82) is 0 Å². The molecule has 1 N–H and O–H groups in total. The van der Waals surface area contributed by atoms with Crippen LogP contribution >= 0.6 is 11.8 Å². The van der Waals surface area contributed by atoms with E-state index >= 15 is 0 Å². The van der Waals surface area contributed by atoms with E-state index in [-0.39, 0.29) is 23.5 Å². The zero-order valence-electron chi connectivity index (χ0n) is 9.93. The zero-order valence-corrected chi connectivity index (χ0v) is 10.7. The number of aliphatic carboxylic acids is 1. The molecule has 0 aromatic rings. The van der Waals surface area contributed by atoms with Crippen molar-refractivity contribution in [1.82, 2.24) is 4.90 Å². The normalized spacial score (nSPS) is 12.2. The number of thioether (sulfide) groups is 1. The van der Waals surface area contributed by atoms with E-state index in [1.54, 1.807) is 12.0 Å². The van der Waals surface area contributed by atoms with E-state index in [1.165, 1.54) is 0 Å². The first-order valence-corrected chi connectivity index (χ1v) is 6.26. The lowest BCUT2D eigenvalue weighted by Crippen LogP contribution is -2.42. The quantitative estimate of drug-likeness (QED) is 0.685. The van der Waals surface area contributed by atoms with Crippen molar-refractivity contribution in [3.8, 4) is 0 Å². The standard InChI is InChI=1S/C10H19NO4S/c1-4-11(8(2)5-15-3)9(12)6-16-7-10(13)14/h8H,4-7H2,1-3H3,(H,13,14). The monoisotopic (exact) mass is 249 g/mol. The highest BCUT2D eigenvalue weighted by molar-refractivity contribution is 8.00. The van der Waals surface area contributed by atoms with Gasteiger partial charge >= 0.3 is 5.97 Å². The number of amides is 1. The largest absolute Gasteiger partial charge is 0.481 e. The van der Waals surface area contributed by atoms with Crippen molar-refractivity contribution >= 4 is 23.6 Å². The summed E-state index contributed by atoms with van der Waals surface area (Å²) in [5.74, 6) is -0.778. The van der Waals surface area contributed by atoms with Gasteiger partial charge in [-0.3, -0.25) is 9.59 Å². The fraction of sp³-hybridized carbons (Fsp3) is 0.800. The summed E-state index contributed by atoms with van der Waals surface area (Å²) in [6.07, 6.45) is 0. The molecule has 1 atom stereocenters. The highest BCUT2D eigenvalue weighted by Crippen LogP contribution is 2.06. The molecule has 6 heteroatoms. The number of carboxylic acid groups (broad SMARTS) is 1. The summed E-state index contributed by atoms with van der Waals surface area (Å²) in [4.78, 5) is 23.7. The minimum Gasteiger partial charge on any atom is -0.481 e. The second-order valence-corrected chi connectivity index (χ2v) is 4.36. The molecular weight excluding hydrogens is 230 g/mol. The van der Waals surface area contributed by atoms with Gasteiger partial charge in [-0.2, -0.15) is 0 Å². The summed E-state index contributed by atoms with van der Waals surface area (Å²) in [6.45, 7) is 4.90. The minimum atomic E-state index is -0.897. The van der Waals surface area contributed by atoms with Crippen LogP contribution in [0.4, 0.5) is 0 Å². The Balaban J connectivity index is 4.05. The molecule has 1 amide bonds. The maximum absolute atomic E-state index is 11.7. The summed E-state index contributed by atoms with van der Waals surface area (Å²) in [5.41, 5.74) is 0. The molecule has 16 heavy (non-hydrogen) atoms. The van der Waals surface area contributed by atoms with E-state index in [2.05, 4.69) is 0 Å². The lowest BCUT2D eigenvalue weighted by Gasteiger charge is -2.27. The third-order valence-electron chi connectivity index (χ3n) is 2.05. The molecule has 0 aromatic heterocycles. The second-order valence-electron chi connectivity index (χ2n) is 3.37. The average molecular weight is 249 g/mol. The van der Waals surface area contributed by atoms with Crippen molar-refractivity contribution in [2.24, 2.45) is 0 Å². The van der Waals surface area contributed by atoms with Gasteiger partial charge in [0.15, 0.2) is 0 Å². The topological polar surface area (TPSA) is 66.8 Å². The van der Waals surface area contributed by atoms with Crippen LogP contribution in [0.2, 0.25) is 0 Å². The van der Waals surface area contributed by atoms with E-state index in [9.17, 15) is 9.59 Å². The summed E-state index contributed by atoms with van der Waals surface area (Å²) in [6, 6.07) is 0.0212. The van der Waals surface area contributed by atoms with E-state index in [4.69, 9.17) is 9.84 Å². The number of ether oxygens (including phenoxy) is 1. The van der Waals surface area contributed by atoms with Crippen molar-refractivity contribution in [3.05, 3.63) is 0 Å². The fourth-order valence-electron chi connectivity index (χ4n) is 1.37. The Bertz CT molecular complexity index is 235. The van der Waals surface area contributed by atoms with E-state index < -0.39 is 5.97 Å². The van der Waals surface area contributed by atoms with Crippen molar-refractivity contribution in [3.63, 3.8) is 0 Å². The number of hydrogen-bond acceptors (Lipinski definition) is 4. The Morgan fingerprint density at radius 1 is 1.44 bits per heavy atom. The Hall–Kier alpha value is -0.750. The molecule has 0 aromatic carbocycles. The van der Waals surface area contributed by atoms with Crippen LogP contribution in [0, 0.1) is 0 Å². The number of carbonyl (C=O) groups is 2. The maximum Gasteiger partial charge on any atom is 0.313 e. The lowest BCUT2D eigenvalue weighted by molar-refractivity contribution is -0.133. The van der Waals surface area contributed by atoms with Gasteiger partial charge in [0, 0.05) is 13.7 Å². The lowest BCUT2D eigenvalue weighted by atomic mass is 10.3. The summed E-state index contributed by atoms with van der Waals surface area (Å²) in [7, 11) is 1.59. The highest BCUT2D eigenvalue weighted by atomic mass is 32.2. The van der Waals surface area contributed by atoms with Gasteiger partial charge in [0.25, 0.3) is 0 Å². The third kappa shape index (κ3) is 5.97. The van der Waals surface area contributed by atoms with Gasteiger partial charge in [0.2, 0.25) is 5.91 Å². The summed E-state index contributed by atoms with van der Waals surface area (Å²) < 4.78 is 4.98. The molecule has 1 unspecified atom stereocenters. The number of rotatable bonds is 8. The Labute approximate surface area is 100 Å². The van der Waals surface area contributed by atoms with E-state index in [0.29, 0.717) is 13.2 Å². The molecule has 94 valence electrons. The van der Waals surface area contributed by atoms with Crippen LogP contribution in [0.15, 0.2) is 0 Å². The molecule has 0 aliphatic carbocycles. The van der Waals surface area contributed by atoms with Crippen molar-refractivity contribution in [2.75, 3.05) is 31.8 Å². The van der Waals surface area contributed by atoms with Crippen molar-refractivity contribution < 1.29 is 19.4 Å². The predicted octanol–water partition coefficient (Wildman–Crippen LogP) is 0.688. The van der Waals surface area contributed by atoms with Gasteiger partial charge in [0.05, 0.1) is 24.2 Å². The highest BCUT2D eigenvalue weighted by Gasteiger charge is 2.18. The Kier molecular flexibility index (Phi) is 8.01. The molecule has 0 spiro atoms. The van der Waals surface area contributed by atoms with Crippen LogP contribution < -0.4 is 0 Å². The third-order valence-corrected chi connectivity index (χ3v) is 2.95. The first-order valence-electron chi connectivity index (χ1n) is 5.10. The molecule has 0 saturated heterocycles. The van der Waals surface area contributed by atoms with Crippen LogP contribution in [-0.4, -0.2) is 59.7 Å². The SMILES string of the molecule is CCN(C(=O)CSCC(=O)O)C(C)COC. The Morgan fingerprint density at radius 3 is 2.50 bits per heavy atom. The molecule has 0 rings (SSSR count). The van der Waals surface area contributed by atoms with Crippen LogP contribution in [-0.2, 0) is 14.3 Å². The fourth-order valence-corrected chi connectivity index (χ4v) is 1.99.